The molecular formula is C20H13FN2O. The van der Waals surface area contributed by atoms with Crippen LogP contribution in [0, 0.1) is 17.1 Å². The van der Waals surface area contributed by atoms with Crippen LogP contribution in [-0.2, 0) is 4.79 Å². The average molecular weight is 316 g/mol. The predicted molar refractivity (Wildman–Crippen MR) is 92.6 cm³/mol. The van der Waals surface area contributed by atoms with E-state index in [9.17, 15) is 14.4 Å². The molecule has 0 saturated carbocycles. The first kappa shape index (κ1) is 15.4. The molecule has 0 aliphatic rings. The fraction of sp³-hybridized carbons (Fsp3) is 0. The molecule has 0 fully saturated rings. The molecule has 4 heteroatoms. The van der Waals surface area contributed by atoms with Crippen LogP contribution in [0.5, 0.6) is 0 Å². The van der Waals surface area contributed by atoms with Crippen molar-refractivity contribution in [1.29, 1.82) is 5.26 Å². The Morgan fingerprint density at radius 3 is 2.46 bits per heavy atom. The number of nitrogens with one attached hydrogen (secondary N) is 1. The highest BCUT2D eigenvalue weighted by molar-refractivity contribution is 6.10. The van der Waals surface area contributed by atoms with Crippen molar-refractivity contribution in [2.75, 3.05) is 5.32 Å². The van der Waals surface area contributed by atoms with Gasteiger partial charge in [0.05, 0.1) is 0 Å². The number of nitrogens with zero attached hydrogens (tertiary/aromatic N) is 1. The standard InChI is InChI=1S/C20H13FN2O/c21-17-8-10-18(11-9-17)23-20(24)16(13-22)12-15-6-3-5-14-4-1-2-7-19(14)15/h1-12H,(H,23,24)/b16-12-. The first-order valence-electron chi connectivity index (χ1n) is 7.34. The maximum atomic E-state index is 12.9. The molecule has 3 aromatic rings. The highest BCUT2D eigenvalue weighted by Gasteiger charge is 2.10. The number of halogens is 1. The first-order chi connectivity index (χ1) is 11.7. The predicted octanol–water partition coefficient (Wildman–Crippen LogP) is 4.52. The number of anilines is 1. The van der Waals surface area contributed by atoms with Crippen LogP contribution in [-0.4, -0.2) is 5.91 Å². The van der Waals surface area contributed by atoms with Crippen molar-refractivity contribution in [2.24, 2.45) is 0 Å². The molecule has 1 amide bonds. The second kappa shape index (κ2) is 6.76. The van der Waals surface area contributed by atoms with Crippen molar-refractivity contribution in [2.45, 2.75) is 0 Å². The van der Waals surface area contributed by atoms with Crippen molar-refractivity contribution in [3.63, 3.8) is 0 Å². The number of carbonyl (C=O) groups excluding carboxylic acids is 1. The number of nitriles is 1. The fourth-order valence-corrected chi connectivity index (χ4v) is 2.41. The van der Waals surface area contributed by atoms with E-state index in [0.29, 0.717) is 5.69 Å². The number of fused-ring (bicyclic) bond motifs is 1. The molecule has 0 heterocycles. The molecule has 0 radical (unpaired) electrons. The number of rotatable bonds is 3. The highest BCUT2D eigenvalue weighted by atomic mass is 19.1. The van der Waals surface area contributed by atoms with E-state index in [4.69, 9.17) is 0 Å². The zero-order chi connectivity index (χ0) is 16.9. The molecule has 3 rings (SSSR count). The zero-order valence-corrected chi connectivity index (χ0v) is 12.7. The SMILES string of the molecule is N#C/C(=C/c1cccc2ccccc12)C(=O)Nc1ccc(F)cc1. The molecule has 0 saturated heterocycles. The molecule has 0 atom stereocenters. The second-order valence-electron chi connectivity index (χ2n) is 5.20. The summed E-state index contributed by atoms with van der Waals surface area (Å²) < 4.78 is 12.9. The van der Waals surface area contributed by atoms with Gasteiger partial charge in [-0.05, 0) is 46.7 Å². The maximum absolute atomic E-state index is 12.9. The van der Waals surface area contributed by atoms with Gasteiger partial charge in [0.2, 0.25) is 0 Å². The summed E-state index contributed by atoms with van der Waals surface area (Å²) in [5.41, 5.74) is 1.20. The van der Waals surface area contributed by atoms with E-state index >= 15 is 0 Å². The Kier molecular flexibility index (Phi) is 4.35. The Balaban J connectivity index is 1.92. The van der Waals surface area contributed by atoms with E-state index in [-0.39, 0.29) is 11.4 Å². The Hall–Kier alpha value is -3.45. The molecule has 3 nitrogen and oxygen atoms in total. The number of hydrogen-bond donors (Lipinski definition) is 1. The Morgan fingerprint density at radius 1 is 1.00 bits per heavy atom. The van der Waals surface area contributed by atoms with Crippen LogP contribution in [0.25, 0.3) is 16.8 Å². The van der Waals surface area contributed by atoms with Crippen LogP contribution >= 0.6 is 0 Å². The fourth-order valence-electron chi connectivity index (χ4n) is 2.41. The third-order valence-corrected chi connectivity index (χ3v) is 3.59. The summed E-state index contributed by atoms with van der Waals surface area (Å²) in [5.74, 6) is -0.920. The third kappa shape index (κ3) is 3.31. The van der Waals surface area contributed by atoms with Gasteiger partial charge in [-0.25, -0.2) is 4.39 Å². The molecule has 0 aliphatic carbocycles. The average Bonchev–Trinajstić information content (AvgIpc) is 2.61. The summed E-state index contributed by atoms with van der Waals surface area (Å²) in [5, 5.41) is 13.9. The molecule has 1 N–H and O–H groups in total. The van der Waals surface area contributed by atoms with Gasteiger partial charge in [-0.1, -0.05) is 42.5 Å². The van der Waals surface area contributed by atoms with Crippen LogP contribution < -0.4 is 5.32 Å². The topological polar surface area (TPSA) is 52.9 Å². The zero-order valence-electron chi connectivity index (χ0n) is 12.7. The molecule has 24 heavy (non-hydrogen) atoms. The second-order valence-corrected chi connectivity index (χ2v) is 5.20. The summed E-state index contributed by atoms with van der Waals surface area (Å²) in [6, 6.07) is 20.7. The van der Waals surface area contributed by atoms with Crippen molar-refractivity contribution in [3.05, 3.63) is 83.7 Å². The molecule has 3 aromatic carbocycles. The normalized spacial score (nSPS) is 11.1. The van der Waals surface area contributed by atoms with Crippen LogP contribution in [0.3, 0.4) is 0 Å². The van der Waals surface area contributed by atoms with Gasteiger partial charge in [-0.15, -0.1) is 0 Å². The van der Waals surface area contributed by atoms with E-state index < -0.39 is 5.91 Å². The first-order valence-corrected chi connectivity index (χ1v) is 7.34. The van der Waals surface area contributed by atoms with E-state index in [1.807, 2.05) is 48.5 Å². The summed E-state index contributed by atoms with van der Waals surface area (Å²) in [6.45, 7) is 0. The Morgan fingerprint density at radius 2 is 1.71 bits per heavy atom. The molecule has 0 aromatic heterocycles. The lowest BCUT2D eigenvalue weighted by molar-refractivity contribution is -0.112. The van der Waals surface area contributed by atoms with Gasteiger partial charge in [0.1, 0.15) is 17.5 Å². The van der Waals surface area contributed by atoms with Crippen LogP contribution in [0.15, 0.2) is 72.3 Å². The minimum absolute atomic E-state index is 0.0179. The van der Waals surface area contributed by atoms with E-state index in [1.165, 1.54) is 24.3 Å². The van der Waals surface area contributed by atoms with E-state index in [2.05, 4.69) is 5.32 Å². The van der Waals surface area contributed by atoms with Gasteiger partial charge in [0.15, 0.2) is 0 Å². The third-order valence-electron chi connectivity index (χ3n) is 3.59. The number of benzene rings is 3. The summed E-state index contributed by atoms with van der Waals surface area (Å²) in [7, 11) is 0. The molecule has 0 spiro atoms. The Labute approximate surface area is 138 Å². The van der Waals surface area contributed by atoms with E-state index in [0.717, 1.165) is 16.3 Å². The van der Waals surface area contributed by atoms with Gasteiger partial charge in [0.25, 0.3) is 5.91 Å². The smallest absolute Gasteiger partial charge is 0.266 e. The van der Waals surface area contributed by atoms with Crippen molar-refractivity contribution in [1.82, 2.24) is 0 Å². The van der Waals surface area contributed by atoms with Gasteiger partial charge < -0.3 is 5.32 Å². The largest absolute Gasteiger partial charge is 0.321 e. The molecular weight excluding hydrogens is 303 g/mol. The van der Waals surface area contributed by atoms with Gasteiger partial charge in [-0.2, -0.15) is 5.26 Å². The lowest BCUT2D eigenvalue weighted by Crippen LogP contribution is -2.13. The Bertz CT molecular complexity index is 964. The maximum Gasteiger partial charge on any atom is 0.266 e. The van der Waals surface area contributed by atoms with E-state index in [1.54, 1.807) is 6.08 Å². The highest BCUT2D eigenvalue weighted by Crippen LogP contribution is 2.21. The molecule has 0 unspecified atom stereocenters. The minimum Gasteiger partial charge on any atom is -0.321 e. The van der Waals surface area contributed by atoms with Crippen LogP contribution in [0.2, 0.25) is 0 Å². The lowest BCUT2D eigenvalue weighted by Gasteiger charge is -2.05. The number of amides is 1. The van der Waals surface area contributed by atoms with Gasteiger partial charge in [-0.3, -0.25) is 4.79 Å². The monoisotopic (exact) mass is 316 g/mol. The van der Waals surface area contributed by atoms with Crippen LogP contribution in [0.1, 0.15) is 5.56 Å². The van der Waals surface area contributed by atoms with Crippen molar-refractivity contribution in [3.8, 4) is 6.07 Å². The number of carbonyl (C=O) groups is 1. The summed E-state index contributed by atoms with van der Waals surface area (Å²) in [6.07, 6.45) is 1.56. The van der Waals surface area contributed by atoms with Crippen LogP contribution in [0.4, 0.5) is 10.1 Å². The number of hydrogen-bond acceptors (Lipinski definition) is 2. The lowest BCUT2D eigenvalue weighted by atomic mass is 10.0. The quantitative estimate of drug-likeness (QED) is 0.570. The molecule has 0 aliphatic heterocycles. The van der Waals surface area contributed by atoms with Gasteiger partial charge in [0, 0.05) is 5.69 Å². The molecule has 0 bridgehead atoms. The van der Waals surface area contributed by atoms with Crippen molar-refractivity contribution < 1.29 is 9.18 Å². The van der Waals surface area contributed by atoms with Crippen molar-refractivity contribution >= 4 is 28.4 Å². The van der Waals surface area contributed by atoms with Gasteiger partial charge >= 0.3 is 0 Å². The minimum atomic E-state index is -0.531. The summed E-state index contributed by atoms with van der Waals surface area (Å²) >= 11 is 0. The molecule has 116 valence electrons. The summed E-state index contributed by atoms with van der Waals surface area (Å²) in [4.78, 5) is 12.3.